The van der Waals surface area contributed by atoms with Crippen molar-refractivity contribution in [3.8, 4) is 17.2 Å². The highest BCUT2D eigenvalue weighted by molar-refractivity contribution is 5.80. The van der Waals surface area contributed by atoms with Crippen molar-refractivity contribution in [3.63, 3.8) is 0 Å². The minimum Gasteiger partial charge on any atom is -0.493 e. The van der Waals surface area contributed by atoms with Crippen molar-refractivity contribution in [2.45, 2.75) is 38.6 Å². The normalized spacial score (nSPS) is 19.8. The van der Waals surface area contributed by atoms with Crippen molar-refractivity contribution in [3.05, 3.63) is 17.7 Å². The standard InChI is InChI=1S/C19H28N2O5/c1-12-5-7-14(19(20)23)11-21(12)17(22)8-6-13-9-15(24-2)18(26-4)16(10-13)25-3/h9-10,12,14H,5-8,11H2,1-4H3,(H2,20,23)/t12-,14+/m0/s1. The highest BCUT2D eigenvalue weighted by Crippen LogP contribution is 2.38. The van der Waals surface area contributed by atoms with E-state index in [0.717, 1.165) is 18.4 Å². The second kappa shape index (κ2) is 8.78. The second-order valence-electron chi connectivity index (χ2n) is 6.61. The lowest BCUT2D eigenvalue weighted by molar-refractivity contribution is -0.137. The Hall–Kier alpha value is -2.44. The number of nitrogens with zero attached hydrogens (tertiary/aromatic N) is 1. The molecule has 0 aromatic heterocycles. The van der Waals surface area contributed by atoms with Crippen LogP contribution in [-0.4, -0.2) is 50.6 Å². The summed E-state index contributed by atoms with van der Waals surface area (Å²) in [5.41, 5.74) is 6.34. The highest BCUT2D eigenvalue weighted by atomic mass is 16.5. The zero-order chi connectivity index (χ0) is 19.3. The Morgan fingerprint density at radius 3 is 2.23 bits per heavy atom. The Balaban J connectivity index is 2.07. The van der Waals surface area contributed by atoms with Gasteiger partial charge in [0.2, 0.25) is 17.6 Å². The summed E-state index contributed by atoms with van der Waals surface area (Å²) >= 11 is 0. The van der Waals surface area contributed by atoms with Gasteiger partial charge in [0.1, 0.15) is 0 Å². The van der Waals surface area contributed by atoms with Crippen LogP contribution in [0, 0.1) is 5.92 Å². The fraction of sp³-hybridized carbons (Fsp3) is 0.579. The summed E-state index contributed by atoms with van der Waals surface area (Å²) in [5, 5.41) is 0. The summed E-state index contributed by atoms with van der Waals surface area (Å²) in [6, 6.07) is 3.82. The largest absolute Gasteiger partial charge is 0.493 e. The molecule has 1 aliphatic rings. The molecule has 1 aliphatic heterocycles. The van der Waals surface area contributed by atoms with Crippen LogP contribution in [0.2, 0.25) is 0 Å². The van der Waals surface area contributed by atoms with Gasteiger partial charge in [0.25, 0.3) is 0 Å². The third-order valence-corrected chi connectivity index (χ3v) is 4.96. The predicted octanol–water partition coefficient (Wildman–Crippen LogP) is 1.76. The van der Waals surface area contributed by atoms with Crippen molar-refractivity contribution in [1.29, 1.82) is 0 Å². The zero-order valence-electron chi connectivity index (χ0n) is 15.9. The second-order valence-corrected chi connectivity index (χ2v) is 6.61. The van der Waals surface area contributed by atoms with Crippen LogP contribution in [0.4, 0.5) is 0 Å². The number of piperidine rings is 1. The van der Waals surface area contributed by atoms with Crippen LogP contribution in [0.1, 0.15) is 31.7 Å². The van der Waals surface area contributed by atoms with Crippen LogP contribution in [0.3, 0.4) is 0 Å². The first-order valence-corrected chi connectivity index (χ1v) is 8.78. The molecule has 7 heteroatoms. The van der Waals surface area contributed by atoms with Crippen LogP contribution in [-0.2, 0) is 16.0 Å². The molecule has 0 saturated carbocycles. The van der Waals surface area contributed by atoms with Crippen molar-refractivity contribution in [2.24, 2.45) is 11.7 Å². The fourth-order valence-electron chi connectivity index (χ4n) is 3.36. The molecule has 2 N–H and O–H groups in total. The van der Waals surface area contributed by atoms with E-state index in [-0.39, 0.29) is 23.8 Å². The molecule has 2 rings (SSSR count). The molecule has 1 saturated heterocycles. The number of amides is 2. The topological polar surface area (TPSA) is 91.1 Å². The van der Waals surface area contributed by atoms with Gasteiger partial charge in [0.05, 0.1) is 27.2 Å². The SMILES string of the molecule is COc1cc(CCC(=O)N2C[C@H](C(N)=O)CC[C@@H]2C)cc(OC)c1OC. The molecular weight excluding hydrogens is 336 g/mol. The number of likely N-dealkylation sites (tertiary alicyclic amines) is 1. The molecule has 0 bridgehead atoms. The lowest BCUT2D eigenvalue weighted by Gasteiger charge is -2.37. The first kappa shape index (κ1) is 19.9. The van der Waals surface area contributed by atoms with E-state index < -0.39 is 0 Å². The maximum absolute atomic E-state index is 12.7. The summed E-state index contributed by atoms with van der Waals surface area (Å²) < 4.78 is 16.0. The molecule has 1 heterocycles. The van der Waals surface area contributed by atoms with Crippen molar-refractivity contribution >= 4 is 11.8 Å². The summed E-state index contributed by atoms with van der Waals surface area (Å²) in [7, 11) is 4.67. The number of primary amides is 1. The number of nitrogens with two attached hydrogens (primary N) is 1. The van der Waals surface area contributed by atoms with E-state index in [2.05, 4.69) is 0 Å². The highest BCUT2D eigenvalue weighted by Gasteiger charge is 2.31. The van der Waals surface area contributed by atoms with Crippen molar-refractivity contribution in [1.82, 2.24) is 4.90 Å². The first-order valence-electron chi connectivity index (χ1n) is 8.78. The van der Waals surface area contributed by atoms with Gasteiger partial charge < -0.3 is 24.8 Å². The van der Waals surface area contributed by atoms with Gasteiger partial charge in [-0.1, -0.05) is 0 Å². The van der Waals surface area contributed by atoms with Gasteiger partial charge in [-0.2, -0.15) is 0 Å². The molecule has 0 aliphatic carbocycles. The van der Waals surface area contributed by atoms with Crippen LogP contribution in [0.15, 0.2) is 12.1 Å². The minimum atomic E-state index is -0.334. The smallest absolute Gasteiger partial charge is 0.223 e. The first-order chi connectivity index (χ1) is 12.4. The van der Waals surface area contributed by atoms with Gasteiger partial charge in [-0.05, 0) is 43.9 Å². The molecule has 2 amide bonds. The van der Waals surface area contributed by atoms with Crippen molar-refractivity contribution < 1.29 is 23.8 Å². The van der Waals surface area contributed by atoms with Crippen LogP contribution in [0.25, 0.3) is 0 Å². The Morgan fingerprint density at radius 1 is 1.12 bits per heavy atom. The van der Waals surface area contributed by atoms with Crippen molar-refractivity contribution in [2.75, 3.05) is 27.9 Å². The van der Waals surface area contributed by atoms with Gasteiger partial charge in [-0.25, -0.2) is 0 Å². The molecule has 0 spiro atoms. The minimum absolute atomic E-state index is 0.0252. The maximum atomic E-state index is 12.7. The molecule has 7 nitrogen and oxygen atoms in total. The van der Waals surface area contributed by atoms with Gasteiger partial charge in [-0.3, -0.25) is 9.59 Å². The molecule has 144 valence electrons. The number of carbonyl (C=O) groups excluding carboxylic acids is 2. The zero-order valence-corrected chi connectivity index (χ0v) is 15.9. The van der Waals surface area contributed by atoms with Gasteiger partial charge >= 0.3 is 0 Å². The lowest BCUT2D eigenvalue weighted by atomic mass is 9.92. The third kappa shape index (κ3) is 4.39. The molecule has 2 atom stereocenters. The monoisotopic (exact) mass is 364 g/mol. The van der Waals surface area contributed by atoms with E-state index in [1.165, 1.54) is 0 Å². The van der Waals surface area contributed by atoms with Gasteiger partial charge in [0, 0.05) is 19.0 Å². The number of hydrogen-bond donors (Lipinski definition) is 1. The number of benzene rings is 1. The Labute approximate surface area is 154 Å². The number of hydrogen-bond acceptors (Lipinski definition) is 5. The molecule has 1 aromatic carbocycles. The Bertz CT molecular complexity index is 636. The lowest BCUT2D eigenvalue weighted by Crippen LogP contribution is -2.48. The summed E-state index contributed by atoms with van der Waals surface area (Å²) in [5.74, 6) is 1.09. The molecule has 1 fully saturated rings. The van der Waals surface area contributed by atoms with E-state index in [1.54, 1.807) is 26.2 Å². The molecule has 26 heavy (non-hydrogen) atoms. The van der Waals surface area contributed by atoms with E-state index in [9.17, 15) is 9.59 Å². The van der Waals surface area contributed by atoms with Crippen LogP contribution >= 0.6 is 0 Å². The predicted molar refractivity (Wildman–Crippen MR) is 97.5 cm³/mol. The number of carbonyl (C=O) groups is 2. The average Bonchev–Trinajstić information content (AvgIpc) is 2.65. The van der Waals surface area contributed by atoms with Crippen LogP contribution in [0.5, 0.6) is 17.2 Å². The number of methoxy groups -OCH3 is 3. The fourth-order valence-corrected chi connectivity index (χ4v) is 3.36. The van der Waals surface area contributed by atoms with Crippen LogP contribution < -0.4 is 19.9 Å². The third-order valence-electron chi connectivity index (χ3n) is 4.96. The summed E-state index contributed by atoms with van der Waals surface area (Å²) in [6.07, 6.45) is 2.42. The average molecular weight is 364 g/mol. The summed E-state index contributed by atoms with van der Waals surface area (Å²) in [4.78, 5) is 25.9. The number of aryl methyl sites for hydroxylation is 1. The molecule has 0 unspecified atom stereocenters. The maximum Gasteiger partial charge on any atom is 0.223 e. The number of ether oxygens (including phenoxy) is 3. The molecule has 1 aromatic rings. The Kier molecular flexibility index (Phi) is 6.71. The van der Waals surface area contributed by atoms with E-state index in [4.69, 9.17) is 19.9 Å². The number of rotatable bonds is 7. The summed E-state index contributed by atoms with van der Waals surface area (Å²) in [6.45, 7) is 2.42. The van der Waals surface area contributed by atoms with Gasteiger partial charge in [-0.15, -0.1) is 0 Å². The van der Waals surface area contributed by atoms with Gasteiger partial charge in [0.15, 0.2) is 11.5 Å². The van der Waals surface area contributed by atoms with E-state index in [1.807, 2.05) is 19.1 Å². The molecule has 0 radical (unpaired) electrons. The Morgan fingerprint density at radius 2 is 1.73 bits per heavy atom. The van der Waals surface area contributed by atoms with E-state index >= 15 is 0 Å². The van der Waals surface area contributed by atoms with E-state index in [0.29, 0.717) is 36.6 Å². The quantitative estimate of drug-likeness (QED) is 0.796. The molecular formula is C19H28N2O5.